The van der Waals surface area contributed by atoms with Crippen molar-refractivity contribution >= 4 is 23.0 Å². The van der Waals surface area contributed by atoms with Crippen LogP contribution in [0.1, 0.15) is 22.8 Å². The number of benzene rings is 2. The number of ether oxygens (including phenoxy) is 2. The molecule has 1 atom stereocenters. The first-order chi connectivity index (χ1) is 13.7. The molecule has 3 heterocycles. The molecule has 0 spiro atoms. The summed E-state index contributed by atoms with van der Waals surface area (Å²) in [6.07, 6.45) is 4.36. The van der Waals surface area contributed by atoms with Gasteiger partial charge in [0.25, 0.3) is 5.91 Å². The molecule has 2 aliphatic rings. The molecule has 140 valence electrons. The third-order valence-electron chi connectivity index (χ3n) is 5.10. The second kappa shape index (κ2) is 6.56. The Hall–Kier alpha value is -3.54. The van der Waals surface area contributed by atoms with E-state index in [-0.39, 0.29) is 12.7 Å². The van der Waals surface area contributed by atoms with Crippen molar-refractivity contribution in [1.82, 2.24) is 4.98 Å². The molecule has 0 aliphatic carbocycles. The van der Waals surface area contributed by atoms with E-state index >= 15 is 0 Å². The Kier molecular flexibility index (Phi) is 3.90. The van der Waals surface area contributed by atoms with E-state index in [1.54, 1.807) is 30.6 Å². The average Bonchev–Trinajstić information content (AvgIpc) is 3.30. The van der Waals surface area contributed by atoms with Crippen LogP contribution in [0.2, 0.25) is 0 Å². The van der Waals surface area contributed by atoms with E-state index in [4.69, 9.17) is 9.47 Å². The van der Waals surface area contributed by atoms with Crippen molar-refractivity contribution in [2.75, 3.05) is 17.0 Å². The van der Waals surface area contributed by atoms with Gasteiger partial charge in [-0.25, -0.2) is 0 Å². The maximum atomic E-state index is 12.8. The molecule has 0 saturated heterocycles. The maximum absolute atomic E-state index is 12.8. The van der Waals surface area contributed by atoms with E-state index in [0.717, 1.165) is 12.1 Å². The highest BCUT2D eigenvalue weighted by molar-refractivity contribution is 6.04. The van der Waals surface area contributed by atoms with Crippen molar-refractivity contribution in [3.8, 4) is 11.5 Å². The number of hydrogen-bond donors (Lipinski definition) is 1. The second-order valence-electron chi connectivity index (χ2n) is 7.01. The lowest BCUT2D eigenvalue weighted by molar-refractivity contribution is 0.102. The Morgan fingerprint density at radius 1 is 1.11 bits per heavy atom. The van der Waals surface area contributed by atoms with Gasteiger partial charge in [0.1, 0.15) is 0 Å². The average molecular weight is 373 g/mol. The zero-order valence-corrected chi connectivity index (χ0v) is 15.4. The first-order valence-electron chi connectivity index (χ1n) is 9.22. The first kappa shape index (κ1) is 16.6. The minimum atomic E-state index is -0.214. The van der Waals surface area contributed by atoms with Gasteiger partial charge in [-0.2, -0.15) is 0 Å². The number of rotatable bonds is 3. The Balaban J connectivity index is 1.41. The van der Waals surface area contributed by atoms with Gasteiger partial charge in [0.15, 0.2) is 11.5 Å². The van der Waals surface area contributed by atoms with E-state index in [0.29, 0.717) is 28.8 Å². The van der Waals surface area contributed by atoms with Crippen molar-refractivity contribution in [1.29, 1.82) is 0 Å². The minimum Gasteiger partial charge on any atom is -0.454 e. The number of carbonyl (C=O) groups is 1. The van der Waals surface area contributed by atoms with Crippen LogP contribution in [0.3, 0.4) is 0 Å². The molecule has 0 radical (unpaired) electrons. The topological polar surface area (TPSA) is 63.7 Å². The molecular weight excluding hydrogens is 354 g/mol. The van der Waals surface area contributed by atoms with Gasteiger partial charge in [-0.1, -0.05) is 18.2 Å². The number of anilines is 3. The third kappa shape index (κ3) is 2.83. The number of nitrogens with one attached hydrogen (secondary N) is 1. The molecule has 1 aromatic heterocycles. The number of aromatic nitrogens is 1. The highest BCUT2D eigenvalue weighted by Crippen LogP contribution is 2.38. The summed E-state index contributed by atoms with van der Waals surface area (Å²) in [5.74, 6) is 1.10. The van der Waals surface area contributed by atoms with Gasteiger partial charge >= 0.3 is 0 Å². The van der Waals surface area contributed by atoms with E-state index < -0.39 is 0 Å². The van der Waals surface area contributed by atoms with Crippen LogP contribution in [0.25, 0.3) is 0 Å². The fourth-order valence-corrected chi connectivity index (χ4v) is 3.82. The van der Waals surface area contributed by atoms with Crippen LogP contribution in [-0.4, -0.2) is 23.7 Å². The van der Waals surface area contributed by atoms with Gasteiger partial charge in [-0.05, 0) is 43.2 Å². The summed E-state index contributed by atoms with van der Waals surface area (Å²) in [6, 6.07) is 15.9. The highest BCUT2D eigenvalue weighted by Gasteiger charge is 2.27. The number of carbonyl (C=O) groups excluding carboxylic acids is 1. The van der Waals surface area contributed by atoms with Gasteiger partial charge in [0.2, 0.25) is 6.79 Å². The summed E-state index contributed by atoms with van der Waals surface area (Å²) < 4.78 is 10.7. The van der Waals surface area contributed by atoms with Crippen LogP contribution in [0.4, 0.5) is 17.1 Å². The fraction of sp³-hybridized carbons (Fsp3) is 0.182. The molecule has 6 nitrogen and oxygen atoms in total. The molecule has 2 aliphatic heterocycles. The standard InChI is InChI=1S/C22H19N3O3/c1-14-8-15-4-2-3-5-19(15)25(14)18-9-16(11-23-12-18)22(26)24-17-6-7-20-21(10-17)28-13-27-20/h2-7,9-12,14H,8,13H2,1H3,(H,24,26). The monoisotopic (exact) mass is 373 g/mol. The lowest BCUT2D eigenvalue weighted by Crippen LogP contribution is -2.24. The molecule has 5 rings (SSSR count). The molecule has 6 heteroatoms. The third-order valence-corrected chi connectivity index (χ3v) is 5.10. The summed E-state index contributed by atoms with van der Waals surface area (Å²) in [5.41, 5.74) is 4.55. The zero-order chi connectivity index (χ0) is 19.1. The summed E-state index contributed by atoms with van der Waals surface area (Å²) >= 11 is 0. The predicted octanol–water partition coefficient (Wildman–Crippen LogP) is 4.15. The van der Waals surface area contributed by atoms with Crippen LogP contribution in [-0.2, 0) is 6.42 Å². The number of fused-ring (bicyclic) bond motifs is 2. The summed E-state index contributed by atoms with van der Waals surface area (Å²) in [7, 11) is 0. The van der Waals surface area contributed by atoms with Crippen LogP contribution < -0.4 is 19.7 Å². The van der Waals surface area contributed by atoms with Crippen molar-refractivity contribution in [2.24, 2.45) is 0 Å². The Labute approximate surface area is 162 Å². The number of pyridine rings is 1. The van der Waals surface area contributed by atoms with Gasteiger partial charge in [-0.15, -0.1) is 0 Å². The molecule has 28 heavy (non-hydrogen) atoms. The van der Waals surface area contributed by atoms with E-state index in [1.165, 1.54) is 11.3 Å². The number of hydrogen-bond acceptors (Lipinski definition) is 5. The molecule has 0 saturated carbocycles. The van der Waals surface area contributed by atoms with Crippen molar-refractivity contribution in [2.45, 2.75) is 19.4 Å². The van der Waals surface area contributed by atoms with Crippen molar-refractivity contribution < 1.29 is 14.3 Å². The van der Waals surface area contributed by atoms with Crippen LogP contribution >= 0.6 is 0 Å². The Morgan fingerprint density at radius 2 is 1.96 bits per heavy atom. The lowest BCUT2D eigenvalue weighted by Gasteiger charge is -2.25. The molecule has 0 fully saturated rings. The van der Waals surface area contributed by atoms with Gasteiger partial charge in [-0.3, -0.25) is 9.78 Å². The lowest BCUT2D eigenvalue weighted by atomic mass is 10.1. The highest BCUT2D eigenvalue weighted by atomic mass is 16.7. The molecule has 1 N–H and O–H groups in total. The molecule has 1 unspecified atom stereocenters. The van der Waals surface area contributed by atoms with Gasteiger partial charge < -0.3 is 19.7 Å². The molecular formula is C22H19N3O3. The zero-order valence-electron chi connectivity index (χ0n) is 15.4. The molecule has 0 bridgehead atoms. The van der Waals surface area contributed by atoms with Crippen molar-refractivity contribution in [3.05, 3.63) is 72.1 Å². The summed E-state index contributed by atoms with van der Waals surface area (Å²) in [6.45, 7) is 2.38. The number of amides is 1. The first-order valence-corrected chi connectivity index (χ1v) is 9.22. The molecule has 2 aromatic carbocycles. The van der Waals surface area contributed by atoms with Crippen LogP contribution in [0, 0.1) is 0 Å². The largest absolute Gasteiger partial charge is 0.454 e. The fourth-order valence-electron chi connectivity index (χ4n) is 3.82. The van der Waals surface area contributed by atoms with Crippen LogP contribution in [0.5, 0.6) is 11.5 Å². The van der Waals surface area contributed by atoms with Crippen molar-refractivity contribution in [3.63, 3.8) is 0 Å². The normalized spacial score (nSPS) is 16.8. The second-order valence-corrected chi connectivity index (χ2v) is 7.01. The molecule has 3 aromatic rings. The summed E-state index contributed by atoms with van der Waals surface area (Å²) in [4.78, 5) is 19.3. The van der Waals surface area contributed by atoms with E-state index in [2.05, 4.69) is 40.3 Å². The van der Waals surface area contributed by atoms with Gasteiger partial charge in [0, 0.05) is 29.7 Å². The van der Waals surface area contributed by atoms with Gasteiger partial charge in [0.05, 0.1) is 17.4 Å². The minimum absolute atomic E-state index is 0.203. The summed E-state index contributed by atoms with van der Waals surface area (Å²) in [5, 5.41) is 2.90. The predicted molar refractivity (Wildman–Crippen MR) is 107 cm³/mol. The quantitative estimate of drug-likeness (QED) is 0.747. The SMILES string of the molecule is CC1Cc2ccccc2N1c1cncc(C(=O)Nc2ccc3c(c2)OCO3)c1. The van der Waals surface area contributed by atoms with Crippen LogP contribution in [0.15, 0.2) is 60.9 Å². The maximum Gasteiger partial charge on any atom is 0.257 e. The van der Waals surface area contributed by atoms with E-state index in [9.17, 15) is 4.79 Å². The smallest absolute Gasteiger partial charge is 0.257 e. The Bertz CT molecular complexity index is 1070. The molecule has 1 amide bonds. The van der Waals surface area contributed by atoms with E-state index in [1.807, 2.05) is 12.1 Å². The Morgan fingerprint density at radius 3 is 2.89 bits per heavy atom. The number of para-hydroxylation sites is 1. The number of nitrogens with zero attached hydrogens (tertiary/aromatic N) is 2.